The van der Waals surface area contributed by atoms with Crippen LogP contribution in [0.2, 0.25) is 0 Å². The molecule has 0 aliphatic rings. The van der Waals surface area contributed by atoms with Gasteiger partial charge in [0.25, 0.3) is 0 Å². The number of rotatable bonds is 6. The number of hydrogen-bond donors (Lipinski definition) is 1. The van der Waals surface area contributed by atoms with Gasteiger partial charge in [0.2, 0.25) is 0 Å². The van der Waals surface area contributed by atoms with Crippen molar-refractivity contribution in [2.24, 2.45) is 0 Å². The van der Waals surface area contributed by atoms with Crippen molar-refractivity contribution in [1.29, 1.82) is 0 Å². The summed E-state index contributed by atoms with van der Waals surface area (Å²) < 4.78 is 4.02. The summed E-state index contributed by atoms with van der Waals surface area (Å²) in [6, 6.07) is 12.0. The maximum Gasteiger partial charge on any atom is 0.174 e. The molecule has 0 atom stereocenters. The largest absolute Gasteiger partial charge is 0.330 e. The second-order valence-electron chi connectivity index (χ2n) is 5.34. The predicted molar refractivity (Wildman–Crippen MR) is 87.3 cm³/mol. The zero-order chi connectivity index (χ0) is 16.2. The molecule has 120 valence electrons. The summed E-state index contributed by atoms with van der Waals surface area (Å²) in [6.07, 6.45) is 7.26. The minimum Gasteiger partial charge on any atom is -0.330 e. The van der Waals surface area contributed by atoms with Crippen molar-refractivity contribution in [3.05, 3.63) is 60.8 Å². The van der Waals surface area contributed by atoms with Crippen molar-refractivity contribution in [1.82, 2.24) is 40.0 Å². The van der Waals surface area contributed by atoms with Crippen molar-refractivity contribution < 1.29 is 0 Å². The van der Waals surface area contributed by atoms with Gasteiger partial charge in [-0.3, -0.25) is 0 Å². The Balaban J connectivity index is 1.56. The summed E-state index contributed by atoms with van der Waals surface area (Å²) in [5, 5.41) is 18.4. The first-order valence-electron chi connectivity index (χ1n) is 7.75. The van der Waals surface area contributed by atoms with Crippen LogP contribution < -0.4 is 0 Å². The van der Waals surface area contributed by atoms with Gasteiger partial charge in [-0.15, -0.1) is 10.2 Å². The lowest BCUT2D eigenvalue weighted by atomic mass is 10.3. The smallest absolute Gasteiger partial charge is 0.174 e. The summed E-state index contributed by atoms with van der Waals surface area (Å²) in [4.78, 5) is 4.51. The van der Waals surface area contributed by atoms with E-state index in [2.05, 4.69) is 35.3 Å². The number of imidazole rings is 1. The van der Waals surface area contributed by atoms with Crippen molar-refractivity contribution >= 4 is 0 Å². The van der Waals surface area contributed by atoms with Gasteiger partial charge < -0.3 is 4.57 Å². The van der Waals surface area contributed by atoms with Gasteiger partial charge in [0.15, 0.2) is 11.6 Å². The molecule has 4 rings (SSSR count). The van der Waals surface area contributed by atoms with E-state index in [9.17, 15) is 0 Å². The van der Waals surface area contributed by atoms with Crippen LogP contribution in [-0.4, -0.2) is 40.0 Å². The minimum absolute atomic E-state index is 0.728. The molecule has 0 aliphatic carbocycles. The molecule has 4 aromatic rings. The number of tetrazole rings is 1. The summed E-state index contributed by atoms with van der Waals surface area (Å²) in [5.41, 5.74) is 1.98. The van der Waals surface area contributed by atoms with Crippen molar-refractivity contribution in [2.45, 2.75) is 19.4 Å². The summed E-state index contributed by atoms with van der Waals surface area (Å²) >= 11 is 0. The average molecular weight is 320 g/mol. The fraction of sp³-hybridized carbons (Fsp3) is 0.188. The van der Waals surface area contributed by atoms with Crippen molar-refractivity contribution in [3.8, 4) is 17.2 Å². The second-order valence-corrected chi connectivity index (χ2v) is 5.34. The average Bonchev–Trinajstić information content (AvgIpc) is 3.37. The molecule has 0 aliphatic heterocycles. The van der Waals surface area contributed by atoms with Crippen LogP contribution in [-0.2, 0) is 13.0 Å². The van der Waals surface area contributed by atoms with Crippen LogP contribution in [0.15, 0.2) is 55.0 Å². The Kier molecular flexibility index (Phi) is 3.85. The molecule has 0 amide bonds. The van der Waals surface area contributed by atoms with Gasteiger partial charge in [-0.25, -0.2) is 9.67 Å². The van der Waals surface area contributed by atoms with Gasteiger partial charge in [-0.1, -0.05) is 23.4 Å². The van der Waals surface area contributed by atoms with E-state index in [0.29, 0.717) is 0 Å². The number of aromatic nitrogens is 8. The SMILES string of the molecule is c1ccc(-n2nccc2-c2nccn2CCCc2nn[nH]n2)cc1. The van der Waals surface area contributed by atoms with Crippen molar-refractivity contribution in [2.75, 3.05) is 0 Å². The number of hydrogen-bond acceptors (Lipinski definition) is 5. The first-order chi connectivity index (χ1) is 11.9. The quantitative estimate of drug-likeness (QED) is 0.586. The monoisotopic (exact) mass is 320 g/mol. The van der Waals surface area contributed by atoms with E-state index >= 15 is 0 Å². The van der Waals surface area contributed by atoms with Crippen LogP contribution in [0, 0.1) is 0 Å². The van der Waals surface area contributed by atoms with E-state index in [4.69, 9.17) is 0 Å². The number of benzene rings is 1. The first-order valence-corrected chi connectivity index (χ1v) is 7.75. The van der Waals surface area contributed by atoms with Crippen LogP contribution in [0.5, 0.6) is 0 Å². The molecule has 1 aromatic carbocycles. The molecule has 0 unspecified atom stereocenters. The highest BCUT2D eigenvalue weighted by Crippen LogP contribution is 2.21. The fourth-order valence-electron chi connectivity index (χ4n) is 2.67. The van der Waals surface area contributed by atoms with Crippen LogP contribution in [0.1, 0.15) is 12.2 Å². The van der Waals surface area contributed by atoms with Crippen molar-refractivity contribution in [3.63, 3.8) is 0 Å². The Morgan fingerprint density at radius 1 is 1.04 bits per heavy atom. The molecule has 8 heteroatoms. The molecule has 0 bridgehead atoms. The minimum atomic E-state index is 0.728. The van der Waals surface area contributed by atoms with Crippen LogP contribution >= 0.6 is 0 Å². The zero-order valence-electron chi connectivity index (χ0n) is 12.9. The van der Waals surface area contributed by atoms with Crippen LogP contribution in [0.4, 0.5) is 0 Å². The molecule has 0 spiro atoms. The molecule has 0 fully saturated rings. The third-order valence-corrected chi connectivity index (χ3v) is 3.78. The molecule has 0 saturated carbocycles. The van der Waals surface area contributed by atoms with E-state index in [0.717, 1.165) is 42.4 Å². The van der Waals surface area contributed by atoms with Gasteiger partial charge in [0, 0.05) is 25.4 Å². The number of nitrogens with zero attached hydrogens (tertiary/aromatic N) is 7. The van der Waals surface area contributed by atoms with Gasteiger partial charge in [0.1, 0.15) is 5.69 Å². The lowest BCUT2D eigenvalue weighted by molar-refractivity contribution is 0.631. The summed E-state index contributed by atoms with van der Waals surface area (Å²) in [7, 11) is 0. The normalized spacial score (nSPS) is 11.0. The Labute approximate surface area is 138 Å². The van der Waals surface area contributed by atoms with E-state index in [1.54, 1.807) is 6.20 Å². The molecule has 8 nitrogen and oxygen atoms in total. The molecule has 24 heavy (non-hydrogen) atoms. The lowest BCUT2D eigenvalue weighted by Crippen LogP contribution is -2.06. The van der Waals surface area contributed by atoms with Gasteiger partial charge in [-0.05, 0) is 24.6 Å². The number of H-pyrrole nitrogens is 1. The molecular formula is C16H16N8. The summed E-state index contributed by atoms with van der Waals surface area (Å²) in [6.45, 7) is 0.823. The highest BCUT2D eigenvalue weighted by Gasteiger charge is 2.12. The fourth-order valence-corrected chi connectivity index (χ4v) is 2.67. The zero-order valence-corrected chi connectivity index (χ0v) is 12.9. The van der Waals surface area contributed by atoms with Gasteiger partial charge >= 0.3 is 0 Å². The maximum absolute atomic E-state index is 4.51. The number of nitrogens with one attached hydrogen (secondary N) is 1. The Morgan fingerprint density at radius 2 is 1.96 bits per heavy atom. The first kappa shape index (κ1) is 14.3. The topological polar surface area (TPSA) is 90.1 Å². The predicted octanol–water partition coefficient (Wildman–Crippen LogP) is 1.88. The molecule has 3 aromatic heterocycles. The lowest BCUT2D eigenvalue weighted by Gasteiger charge is -2.10. The standard InChI is InChI=1S/C16H16N8/c1-2-5-13(6-3-1)24-14(8-9-18-24)16-17-10-12-23(16)11-4-7-15-19-21-22-20-15/h1-3,5-6,8-10,12H,4,7,11H2,(H,19,20,21,22). The second kappa shape index (κ2) is 6.45. The molecular weight excluding hydrogens is 304 g/mol. The number of aromatic amines is 1. The molecule has 3 heterocycles. The van der Waals surface area contributed by atoms with E-state index in [1.165, 1.54) is 0 Å². The van der Waals surface area contributed by atoms with Crippen LogP contribution in [0.3, 0.4) is 0 Å². The molecule has 0 saturated heterocycles. The van der Waals surface area contributed by atoms with E-state index in [1.807, 2.05) is 53.5 Å². The third-order valence-electron chi connectivity index (χ3n) is 3.78. The third kappa shape index (κ3) is 2.81. The summed E-state index contributed by atoms with van der Waals surface area (Å²) in [5.74, 6) is 1.62. The Hall–Kier alpha value is -3.29. The number of aryl methyl sites for hydroxylation is 2. The number of para-hydroxylation sites is 1. The van der Waals surface area contributed by atoms with E-state index in [-0.39, 0.29) is 0 Å². The molecule has 1 N–H and O–H groups in total. The van der Waals surface area contributed by atoms with E-state index < -0.39 is 0 Å². The van der Waals surface area contributed by atoms with Crippen LogP contribution in [0.25, 0.3) is 17.2 Å². The highest BCUT2D eigenvalue weighted by molar-refractivity contribution is 5.54. The van der Waals surface area contributed by atoms with Gasteiger partial charge in [-0.2, -0.15) is 10.3 Å². The molecule has 0 radical (unpaired) electrons. The Morgan fingerprint density at radius 3 is 2.79 bits per heavy atom. The highest BCUT2D eigenvalue weighted by atomic mass is 15.5. The maximum atomic E-state index is 4.51. The Bertz CT molecular complexity index is 891. The van der Waals surface area contributed by atoms with Gasteiger partial charge in [0.05, 0.1) is 11.9 Å².